The second-order valence-corrected chi connectivity index (χ2v) is 5.78. The van der Waals surface area contributed by atoms with Gasteiger partial charge in [-0.3, -0.25) is 4.79 Å². The van der Waals surface area contributed by atoms with Crippen LogP contribution in [0.1, 0.15) is 32.7 Å². The van der Waals surface area contributed by atoms with Crippen molar-refractivity contribution in [2.45, 2.75) is 27.0 Å². The van der Waals surface area contributed by atoms with Crippen molar-refractivity contribution in [3.63, 3.8) is 0 Å². The Morgan fingerprint density at radius 2 is 1.87 bits per heavy atom. The summed E-state index contributed by atoms with van der Waals surface area (Å²) in [7, 11) is 0. The van der Waals surface area contributed by atoms with Crippen molar-refractivity contribution >= 4 is 16.8 Å². The Balaban J connectivity index is 1.82. The fourth-order valence-electron chi connectivity index (χ4n) is 2.82. The number of rotatable bonds is 4. The molecule has 0 fully saturated rings. The van der Waals surface area contributed by atoms with Gasteiger partial charge in [0.15, 0.2) is 0 Å². The first-order valence-electron chi connectivity index (χ1n) is 7.65. The largest absolute Gasteiger partial charge is 0.392 e. The molecule has 0 bridgehead atoms. The van der Waals surface area contributed by atoms with Crippen molar-refractivity contribution in [3.8, 4) is 0 Å². The standard InChI is InChI=1S/C19H20N2O2/c1-12-7-8-17-16(9-12)13(2)18(21-17)19(23)20-10-14-5-3-4-6-15(14)11-22/h3-9,21-22H,10-11H2,1-2H3,(H,20,23). The smallest absolute Gasteiger partial charge is 0.268 e. The van der Waals surface area contributed by atoms with Gasteiger partial charge >= 0.3 is 0 Å². The molecule has 1 aromatic heterocycles. The number of nitrogens with one attached hydrogen (secondary N) is 2. The zero-order valence-electron chi connectivity index (χ0n) is 13.3. The van der Waals surface area contributed by atoms with Crippen LogP contribution in [-0.4, -0.2) is 16.0 Å². The van der Waals surface area contributed by atoms with E-state index < -0.39 is 0 Å². The number of aromatic nitrogens is 1. The molecular formula is C19H20N2O2. The Hall–Kier alpha value is -2.59. The van der Waals surface area contributed by atoms with Gasteiger partial charge in [-0.1, -0.05) is 35.9 Å². The number of amides is 1. The summed E-state index contributed by atoms with van der Waals surface area (Å²) in [6.07, 6.45) is 0. The van der Waals surface area contributed by atoms with E-state index in [1.165, 1.54) is 5.56 Å². The van der Waals surface area contributed by atoms with Crippen molar-refractivity contribution in [1.29, 1.82) is 0 Å². The minimum Gasteiger partial charge on any atom is -0.392 e. The molecule has 118 valence electrons. The highest BCUT2D eigenvalue weighted by Crippen LogP contribution is 2.23. The molecule has 3 N–H and O–H groups in total. The summed E-state index contributed by atoms with van der Waals surface area (Å²) in [5.74, 6) is -0.135. The van der Waals surface area contributed by atoms with Crippen LogP contribution in [0.25, 0.3) is 10.9 Å². The molecule has 0 unspecified atom stereocenters. The SMILES string of the molecule is Cc1ccc2[nH]c(C(=O)NCc3ccccc3CO)c(C)c2c1. The van der Waals surface area contributed by atoms with Crippen molar-refractivity contribution in [2.24, 2.45) is 0 Å². The first-order chi connectivity index (χ1) is 11.1. The molecule has 0 aliphatic heterocycles. The average Bonchev–Trinajstić information content (AvgIpc) is 2.89. The zero-order chi connectivity index (χ0) is 16.4. The summed E-state index contributed by atoms with van der Waals surface area (Å²) in [6.45, 7) is 4.35. The van der Waals surface area contributed by atoms with Crippen LogP contribution in [0.3, 0.4) is 0 Å². The summed E-state index contributed by atoms with van der Waals surface area (Å²) in [6, 6.07) is 13.6. The average molecular weight is 308 g/mol. The van der Waals surface area contributed by atoms with Gasteiger partial charge in [-0.15, -0.1) is 0 Å². The van der Waals surface area contributed by atoms with Gasteiger partial charge in [0.2, 0.25) is 0 Å². The van der Waals surface area contributed by atoms with Crippen molar-refractivity contribution in [2.75, 3.05) is 0 Å². The second kappa shape index (κ2) is 6.26. The van der Waals surface area contributed by atoms with Crippen LogP contribution in [0.15, 0.2) is 42.5 Å². The van der Waals surface area contributed by atoms with E-state index in [1.807, 2.05) is 50.2 Å². The first-order valence-corrected chi connectivity index (χ1v) is 7.65. The Bertz CT molecular complexity index is 865. The Labute approximate surface area is 135 Å². The minimum atomic E-state index is -0.135. The molecule has 1 heterocycles. The molecule has 0 aliphatic carbocycles. The summed E-state index contributed by atoms with van der Waals surface area (Å²) < 4.78 is 0. The van der Waals surface area contributed by atoms with E-state index in [9.17, 15) is 9.90 Å². The molecule has 4 heteroatoms. The zero-order valence-corrected chi connectivity index (χ0v) is 13.3. The molecule has 4 nitrogen and oxygen atoms in total. The summed E-state index contributed by atoms with van der Waals surface area (Å²) in [5, 5.41) is 13.3. The van der Waals surface area contributed by atoms with Crippen LogP contribution >= 0.6 is 0 Å². The number of carbonyl (C=O) groups excluding carboxylic acids is 1. The van der Waals surface area contributed by atoms with Gasteiger partial charge < -0.3 is 15.4 Å². The summed E-state index contributed by atoms with van der Waals surface area (Å²) in [4.78, 5) is 15.7. The number of carbonyl (C=O) groups is 1. The lowest BCUT2D eigenvalue weighted by Crippen LogP contribution is -2.24. The topological polar surface area (TPSA) is 65.1 Å². The van der Waals surface area contributed by atoms with E-state index in [0.717, 1.165) is 27.6 Å². The Morgan fingerprint density at radius 3 is 2.61 bits per heavy atom. The highest BCUT2D eigenvalue weighted by atomic mass is 16.3. The highest BCUT2D eigenvalue weighted by molar-refractivity contribution is 6.01. The van der Waals surface area contributed by atoms with Crippen LogP contribution in [0.2, 0.25) is 0 Å². The number of hydrogen-bond acceptors (Lipinski definition) is 2. The molecular weight excluding hydrogens is 288 g/mol. The van der Waals surface area contributed by atoms with E-state index in [2.05, 4.69) is 16.4 Å². The van der Waals surface area contributed by atoms with E-state index in [-0.39, 0.29) is 12.5 Å². The van der Waals surface area contributed by atoms with Gasteiger partial charge in [0.05, 0.1) is 6.61 Å². The van der Waals surface area contributed by atoms with Gasteiger partial charge in [-0.05, 0) is 42.7 Å². The molecule has 3 rings (SSSR count). The van der Waals surface area contributed by atoms with Gasteiger partial charge in [0.1, 0.15) is 5.69 Å². The van der Waals surface area contributed by atoms with Crippen LogP contribution in [0.4, 0.5) is 0 Å². The van der Waals surface area contributed by atoms with Gasteiger partial charge in [0.25, 0.3) is 5.91 Å². The molecule has 0 saturated heterocycles. The number of hydrogen-bond donors (Lipinski definition) is 3. The molecule has 1 amide bonds. The number of fused-ring (bicyclic) bond motifs is 1. The molecule has 2 aromatic carbocycles. The number of benzene rings is 2. The minimum absolute atomic E-state index is 0.0310. The fraction of sp³-hybridized carbons (Fsp3) is 0.211. The third kappa shape index (κ3) is 2.98. The number of aryl methyl sites for hydroxylation is 2. The molecule has 0 radical (unpaired) electrons. The fourth-order valence-corrected chi connectivity index (χ4v) is 2.82. The number of aliphatic hydroxyl groups is 1. The van der Waals surface area contributed by atoms with Crippen molar-refractivity contribution in [3.05, 3.63) is 70.4 Å². The van der Waals surface area contributed by atoms with E-state index >= 15 is 0 Å². The van der Waals surface area contributed by atoms with Crippen LogP contribution in [-0.2, 0) is 13.2 Å². The number of aromatic amines is 1. The van der Waals surface area contributed by atoms with Gasteiger partial charge in [0, 0.05) is 17.4 Å². The number of aliphatic hydroxyl groups excluding tert-OH is 1. The molecule has 3 aromatic rings. The lowest BCUT2D eigenvalue weighted by Gasteiger charge is -2.08. The van der Waals surface area contributed by atoms with E-state index in [1.54, 1.807) is 0 Å². The summed E-state index contributed by atoms with van der Waals surface area (Å²) >= 11 is 0. The normalized spacial score (nSPS) is 10.9. The Kier molecular flexibility index (Phi) is 4.17. The van der Waals surface area contributed by atoms with Crippen molar-refractivity contribution < 1.29 is 9.90 Å². The lowest BCUT2D eigenvalue weighted by atomic mass is 10.1. The Morgan fingerprint density at radius 1 is 1.13 bits per heavy atom. The van der Waals surface area contributed by atoms with Crippen LogP contribution in [0, 0.1) is 13.8 Å². The number of H-pyrrole nitrogens is 1. The molecule has 0 spiro atoms. The van der Waals surface area contributed by atoms with Gasteiger partial charge in [-0.25, -0.2) is 0 Å². The molecule has 0 atom stereocenters. The molecule has 23 heavy (non-hydrogen) atoms. The van der Waals surface area contributed by atoms with Crippen LogP contribution in [0.5, 0.6) is 0 Å². The van der Waals surface area contributed by atoms with Crippen LogP contribution < -0.4 is 5.32 Å². The summed E-state index contributed by atoms with van der Waals surface area (Å²) in [5.41, 5.74) is 5.44. The second-order valence-electron chi connectivity index (χ2n) is 5.78. The van der Waals surface area contributed by atoms with Gasteiger partial charge in [-0.2, -0.15) is 0 Å². The molecule has 0 aliphatic rings. The van der Waals surface area contributed by atoms with E-state index in [0.29, 0.717) is 12.2 Å². The highest BCUT2D eigenvalue weighted by Gasteiger charge is 2.15. The maximum Gasteiger partial charge on any atom is 0.268 e. The monoisotopic (exact) mass is 308 g/mol. The van der Waals surface area contributed by atoms with Crippen molar-refractivity contribution in [1.82, 2.24) is 10.3 Å². The predicted molar refractivity (Wildman–Crippen MR) is 91.3 cm³/mol. The quantitative estimate of drug-likeness (QED) is 0.693. The first kappa shape index (κ1) is 15.3. The third-order valence-corrected chi connectivity index (χ3v) is 4.17. The predicted octanol–water partition coefficient (Wildman–Crippen LogP) is 3.21. The maximum absolute atomic E-state index is 12.5. The maximum atomic E-state index is 12.5. The third-order valence-electron chi connectivity index (χ3n) is 4.17. The lowest BCUT2D eigenvalue weighted by molar-refractivity contribution is 0.0946. The van der Waals surface area contributed by atoms with E-state index in [4.69, 9.17) is 0 Å². The molecule has 0 saturated carbocycles.